The first kappa shape index (κ1) is 13.7. The van der Waals surface area contributed by atoms with Gasteiger partial charge in [-0.3, -0.25) is 0 Å². The van der Waals surface area contributed by atoms with E-state index in [0.717, 1.165) is 12.1 Å². The summed E-state index contributed by atoms with van der Waals surface area (Å²) in [5.41, 5.74) is 1.00. The van der Waals surface area contributed by atoms with Crippen LogP contribution in [0.1, 0.15) is 24.2 Å². The van der Waals surface area contributed by atoms with E-state index in [-0.39, 0.29) is 6.54 Å². The summed E-state index contributed by atoms with van der Waals surface area (Å²) in [7, 11) is -3.49. The summed E-state index contributed by atoms with van der Waals surface area (Å²) < 4.78 is 31.9. The van der Waals surface area contributed by atoms with Crippen molar-refractivity contribution >= 4 is 21.4 Å². The van der Waals surface area contributed by atoms with Crippen LogP contribution in [0.5, 0.6) is 0 Å². The van der Waals surface area contributed by atoms with Crippen molar-refractivity contribution < 1.29 is 12.9 Å². The van der Waals surface area contributed by atoms with Gasteiger partial charge in [-0.15, -0.1) is 11.3 Å². The molecule has 6 nitrogen and oxygen atoms in total. The monoisotopic (exact) mass is 313 g/mol. The van der Waals surface area contributed by atoms with E-state index in [1.165, 1.54) is 30.4 Å². The average molecular weight is 313 g/mol. The first-order valence-electron chi connectivity index (χ1n) is 6.33. The van der Waals surface area contributed by atoms with Crippen LogP contribution < -0.4 is 10.0 Å². The molecule has 1 saturated carbocycles. The minimum absolute atomic E-state index is 0.107. The van der Waals surface area contributed by atoms with E-state index in [0.29, 0.717) is 16.0 Å². The van der Waals surface area contributed by atoms with Gasteiger partial charge in [-0.25, -0.2) is 13.1 Å². The molecule has 0 saturated heterocycles. The molecule has 2 aromatic rings. The molecule has 0 aliphatic heterocycles. The Morgan fingerprint density at radius 3 is 2.95 bits per heavy atom. The molecule has 8 heteroatoms. The Labute approximate surface area is 121 Å². The van der Waals surface area contributed by atoms with E-state index < -0.39 is 10.0 Å². The van der Waals surface area contributed by atoms with Crippen LogP contribution in [0.15, 0.2) is 32.4 Å². The van der Waals surface area contributed by atoms with Crippen LogP contribution in [0.2, 0.25) is 0 Å². The van der Waals surface area contributed by atoms with Gasteiger partial charge >= 0.3 is 0 Å². The van der Waals surface area contributed by atoms with E-state index in [1.807, 2.05) is 5.38 Å². The maximum Gasteiger partial charge on any atom is 0.250 e. The molecule has 0 unspecified atom stereocenters. The fraction of sp³-hybridized carbons (Fsp3) is 0.417. The van der Waals surface area contributed by atoms with Crippen molar-refractivity contribution in [3.63, 3.8) is 0 Å². The summed E-state index contributed by atoms with van der Waals surface area (Å²) >= 11 is 1.23. The predicted molar refractivity (Wildman–Crippen MR) is 74.7 cm³/mol. The molecule has 1 aliphatic rings. The molecule has 2 heterocycles. The van der Waals surface area contributed by atoms with Crippen molar-refractivity contribution in [1.82, 2.24) is 15.2 Å². The lowest BCUT2D eigenvalue weighted by atomic mass is 10.3. The number of aromatic nitrogens is 1. The molecule has 108 valence electrons. The standard InChI is InChI=1S/C12H15N3O3S2/c16-20(17,15-7-11-3-4-14-18-11)12-5-9(8-19-12)6-13-10-1-2-10/h3-5,8,10,13,15H,1-2,6-7H2. The summed E-state index contributed by atoms with van der Waals surface area (Å²) in [5.74, 6) is 0.487. The van der Waals surface area contributed by atoms with E-state index >= 15 is 0 Å². The Bertz CT molecular complexity index is 660. The Hall–Kier alpha value is -1.22. The van der Waals surface area contributed by atoms with Gasteiger partial charge in [0.1, 0.15) is 4.21 Å². The van der Waals surface area contributed by atoms with Crippen LogP contribution in [0.25, 0.3) is 0 Å². The molecule has 1 fully saturated rings. The van der Waals surface area contributed by atoms with Crippen molar-refractivity contribution in [2.45, 2.75) is 36.2 Å². The normalized spacial score (nSPS) is 15.6. The van der Waals surface area contributed by atoms with Gasteiger partial charge < -0.3 is 9.84 Å². The number of nitrogens with one attached hydrogen (secondary N) is 2. The van der Waals surface area contributed by atoms with Crippen LogP contribution in [0, 0.1) is 0 Å². The van der Waals surface area contributed by atoms with Crippen molar-refractivity contribution in [2.24, 2.45) is 0 Å². The molecule has 20 heavy (non-hydrogen) atoms. The van der Waals surface area contributed by atoms with Gasteiger partial charge in [-0.05, 0) is 29.9 Å². The molecule has 0 aromatic carbocycles. The van der Waals surface area contributed by atoms with Crippen molar-refractivity contribution in [3.8, 4) is 0 Å². The highest BCUT2D eigenvalue weighted by molar-refractivity contribution is 7.91. The number of nitrogens with zero attached hydrogens (tertiary/aromatic N) is 1. The number of hydrogen-bond donors (Lipinski definition) is 2. The van der Waals surface area contributed by atoms with E-state index in [9.17, 15) is 8.42 Å². The van der Waals surface area contributed by atoms with E-state index in [1.54, 1.807) is 12.1 Å². The summed E-state index contributed by atoms with van der Waals surface area (Å²) in [6, 6.07) is 3.95. The lowest BCUT2D eigenvalue weighted by Crippen LogP contribution is -2.22. The zero-order chi connectivity index (χ0) is 14.0. The predicted octanol–water partition coefficient (Wildman–Crippen LogP) is 1.47. The largest absolute Gasteiger partial charge is 0.360 e. The molecule has 0 spiro atoms. The maximum atomic E-state index is 12.1. The van der Waals surface area contributed by atoms with Gasteiger partial charge in [-0.2, -0.15) is 0 Å². The van der Waals surface area contributed by atoms with Crippen LogP contribution in [0.4, 0.5) is 0 Å². The number of rotatable bonds is 7. The highest BCUT2D eigenvalue weighted by Gasteiger charge is 2.21. The summed E-state index contributed by atoms with van der Waals surface area (Å²) in [6.07, 6.45) is 3.92. The van der Waals surface area contributed by atoms with Gasteiger partial charge in [0.05, 0.1) is 12.7 Å². The van der Waals surface area contributed by atoms with E-state index in [4.69, 9.17) is 4.52 Å². The Balaban J connectivity index is 1.61. The quantitative estimate of drug-likeness (QED) is 0.808. The number of hydrogen-bond acceptors (Lipinski definition) is 6. The molecule has 0 bridgehead atoms. The lowest BCUT2D eigenvalue weighted by molar-refractivity contribution is 0.380. The summed E-state index contributed by atoms with van der Waals surface area (Å²) in [4.78, 5) is 0. The highest BCUT2D eigenvalue weighted by atomic mass is 32.2. The second kappa shape index (κ2) is 5.65. The first-order chi connectivity index (χ1) is 9.63. The van der Waals surface area contributed by atoms with Gasteiger partial charge in [0.2, 0.25) is 10.0 Å². The minimum Gasteiger partial charge on any atom is -0.360 e. The Morgan fingerprint density at radius 2 is 2.25 bits per heavy atom. The van der Waals surface area contributed by atoms with Gasteiger partial charge in [-0.1, -0.05) is 5.16 Å². The molecule has 0 amide bonds. The zero-order valence-corrected chi connectivity index (χ0v) is 12.3. The average Bonchev–Trinajstić information content (AvgIpc) is 2.94. The first-order valence-corrected chi connectivity index (χ1v) is 8.70. The molecule has 1 aliphatic carbocycles. The topological polar surface area (TPSA) is 84.2 Å². The van der Waals surface area contributed by atoms with E-state index in [2.05, 4.69) is 15.2 Å². The highest BCUT2D eigenvalue weighted by Crippen LogP contribution is 2.23. The molecule has 2 N–H and O–H groups in total. The second-order valence-corrected chi connectivity index (χ2v) is 7.64. The van der Waals surface area contributed by atoms with Crippen LogP contribution in [-0.2, 0) is 23.1 Å². The molecule has 2 aromatic heterocycles. The summed E-state index contributed by atoms with van der Waals surface area (Å²) in [5, 5.41) is 8.76. The Morgan fingerprint density at radius 1 is 1.40 bits per heavy atom. The maximum absolute atomic E-state index is 12.1. The van der Waals surface area contributed by atoms with Crippen LogP contribution in [-0.4, -0.2) is 19.6 Å². The minimum atomic E-state index is -3.49. The number of sulfonamides is 1. The third kappa shape index (κ3) is 3.45. The molecular weight excluding hydrogens is 298 g/mol. The third-order valence-electron chi connectivity index (χ3n) is 2.99. The van der Waals surface area contributed by atoms with Crippen molar-refractivity contribution in [3.05, 3.63) is 35.0 Å². The van der Waals surface area contributed by atoms with Gasteiger partial charge in [0.15, 0.2) is 5.76 Å². The molecule has 0 atom stereocenters. The van der Waals surface area contributed by atoms with Gasteiger partial charge in [0.25, 0.3) is 0 Å². The molecule has 3 rings (SSSR count). The SMILES string of the molecule is O=S(=O)(NCc1ccno1)c1cc(CNC2CC2)cs1. The number of thiophene rings is 1. The zero-order valence-electron chi connectivity index (χ0n) is 10.7. The fourth-order valence-electron chi connectivity index (χ4n) is 1.71. The van der Waals surface area contributed by atoms with Crippen molar-refractivity contribution in [1.29, 1.82) is 0 Å². The van der Waals surface area contributed by atoms with Crippen molar-refractivity contribution in [2.75, 3.05) is 0 Å². The fourth-order valence-corrected chi connectivity index (χ4v) is 3.95. The molecular formula is C12H15N3O3S2. The Kier molecular flexibility index (Phi) is 3.88. The van der Waals surface area contributed by atoms with Crippen LogP contribution in [0.3, 0.4) is 0 Å². The summed E-state index contributed by atoms with van der Waals surface area (Å²) in [6.45, 7) is 0.828. The smallest absolute Gasteiger partial charge is 0.250 e. The molecule has 0 radical (unpaired) electrons. The van der Waals surface area contributed by atoms with Gasteiger partial charge in [0, 0.05) is 18.7 Å². The second-order valence-electron chi connectivity index (χ2n) is 4.73. The lowest BCUT2D eigenvalue weighted by Gasteiger charge is -2.02. The third-order valence-corrected chi connectivity index (χ3v) is 5.88. The van der Waals surface area contributed by atoms with Crippen LogP contribution >= 0.6 is 11.3 Å².